The van der Waals surface area contributed by atoms with Crippen molar-refractivity contribution in [3.05, 3.63) is 53.7 Å². The van der Waals surface area contributed by atoms with Gasteiger partial charge in [0.15, 0.2) is 5.65 Å². The Bertz CT molecular complexity index is 860. The van der Waals surface area contributed by atoms with Gasteiger partial charge in [-0.2, -0.15) is 0 Å². The summed E-state index contributed by atoms with van der Waals surface area (Å²) in [5.41, 5.74) is 7.92. The van der Waals surface area contributed by atoms with Crippen LogP contribution in [0.25, 0.3) is 11.2 Å². The summed E-state index contributed by atoms with van der Waals surface area (Å²) in [4.78, 5) is 12.7. The number of fused-ring (bicyclic) bond motifs is 3. The summed E-state index contributed by atoms with van der Waals surface area (Å²) in [7, 11) is 0. The maximum Gasteiger partial charge on any atom is 0.163 e. The van der Waals surface area contributed by atoms with Crippen LogP contribution in [0.4, 0.5) is 8.78 Å². The van der Waals surface area contributed by atoms with Gasteiger partial charge in [-0.3, -0.25) is 0 Å². The van der Waals surface area contributed by atoms with Crippen molar-refractivity contribution in [1.29, 1.82) is 0 Å². The molecule has 0 unspecified atom stereocenters. The first-order chi connectivity index (χ1) is 10.6. The molecule has 7 heteroatoms. The zero-order valence-corrected chi connectivity index (χ0v) is 11.6. The first-order valence-electron chi connectivity index (χ1n) is 6.99. The second kappa shape index (κ2) is 4.81. The number of hydrogen-bond acceptors (Lipinski definition) is 4. The summed E-state index contributed by atoms with van der Waals surface area (Å²) in [6.07, 6.45) is 3.54. The van der Waals surface area contributed by atoms with Crippen LogP contribution in [0.3, 0.4) is 0 Å². The second-order valence-electron chi connectivity index (χ2n) is 5.51. The third kappa shape index (κ3) is 1.97. The minimum atomic E-state index is -0.464. The Kier molecular flexibility index (Phi) is 2.90. The lowest BCUT2D eigenvalue weighted by atomic mass is 9.86. The molecule has 1 aromatic carbocycles. The van der Waals surface area contributed by atoms with E-state index in [1.165, 1.54) is 12.4 Å². The Hall–Kier alpha value is -2.41. The summed E-state index contributed by atoms with van der Waals surface area (Å²) < 4.78 is 29.4. The molecule has 2 atom stereocenters. The molecule has 5 nitrogen and oxygen atoms in total. The Morgan fingerprint density at radius 2 is 2.14 bits per heavy atom. The van der Waals surface area contributed by atoms with E-state index in [0.29, 0.717) is 24.0 Å². The van der Waals surface area contributed by atoms with Crippen molar-refractivity contribution in [1.82, 2.24) is 19.5 Å². The van der Waals surface area contributed by atoms with Gasteiger partial charge in [-0.15, -0.1) is 0 Å². The maximum absolute atomic E-state index is 14.0. The fourth-order valence-corrected chi connectivity index (χ4v) is 3.10. The minimum absolute atomic E-state index is 0.303. The van der Waals surface area contributed by atoms with Gasteiger partial charge in [-0.25, -0.2) is 23.7 Å². The van der Waals surface area contributed by atoms with Crippen molar-refractivity contribution in [2.24, 2.45) is 5.73 Å². The number of halogens is 2. The number of rotatable bonds is 1. The topological polar surface area (TPSA) is 69.6 Å². The van der Waals surface area contributed by atoms with E-state index in [1.807, 2.05) is 4.57 Å². The SMILES string of the molecule is N[C@H]1Cn2c(nc3cncnc32)C[C@@H]1c1cc(F)ccc1F. The van der Waals surface area contributed by atoms with Gasteiger partial charge in [-0.1, -0.05) is 0 Å². The van der Waals surface area contributed by atoms with Gasteiger partial charge in [-0.05, 0) is 23.8 Å². The van der Waals surface area contributed by atoms with E-state index in [2.05, 4.69) is 15.0 Å². The number of nitrogens with two attached hydrogens (primary N) is 1. The molecule has 0 saturated heterocycles. The summed E-state index contributed by atoms with van der Waals surface area (Å²) >= 11 is 0. The molecule has 0 spiro atoms. The van der Waals surface area contributed by atoms with Crippen molar-refractivity contribution < 1.29 is 8.78 Å². The summed E-state index contributed by atoms with van der Waals surface area (Å²) in [5, 5.41) is 0. The fraction of sp³-hybridized carbons (Fsp3) is 0.267. The van der Waals surface area contributed by atoms with Crippen LogP contribution < -0.4 is 5.73 Å². The Morgan fingerprint density at radius 1 is 1.27 bits per heavy atom. The van der Waals surface area contributed by atoms with E-state index in [-0.39, 0.29) is 12.0 Å². The van der Waals surface area contributed by atoms with Crippen LogP contribution >= 0.6 is 0 Å². The van der Waals surface area contributed by atoms with Gasteiger partial charge in [0.2, 0.25) is 0 Å². The summed E-state index contributed by atoms with van der Waals surface area (Å²) in [6, 6.07) is 3.13. The lowest BCUT2D eigenvalue weighted by Gasteiger charge is -2.30. The van der Waals surface area contributed by atoms with Crippen LogP contribution in [-0.4, -0.2) is 25.6 Å². The molecule has 0 fully saturated rings. The van der Waals surface area contributed by atoms with Crippen molar-refractivity contribution in [2.75, 3.05) is 0 Å². The molecule has 1 aliphatic heterocycles. The average Bonchev–Trinajstić information content (AvgIpc) is 2.87. The highest BCUT2D eigenvalue weighted by molar-refractivity contribution is 5.70. The molecule has 0 aliphatic carbocycles. The Balaban J connectivity index is 1.80. The number of benzene rings is 1. The first kappa shape index (κ1) is 13.3. The number of nitrogens with zero attached hydrogens (tertiary/aromatic N) is 4. The highest BCUT2D eigenvalue weighted by Crippen LogP contribution is 2.32. The van der Waals surface area contributed by atoms with E-state index in [1.54, 1.807) is 6.20 Å². The normalized spacial score (nSPS) is 21.0. The summed E-state index contributed by atoms with van der Waals surface area (Å²) in [5.74, 6) is -0.446. The molecule has 3 aromatic rings. The molecule has 4 rings (SSSR count). The van der Waals surface area contributed by atoms with E-state index >= 15 is 0 Å². The number of imidazole rings is 1. The highest BCUT2D eigenvalue weighted by atomic mass is 19.1. The third-order valence-corrected chi connectivity index (χ3v) is 4.16. The zero-order chi connectivity index (χ0) is 15.3. The lowest BCUT2D eigenvalue weighted by molar-refractivity contribution is 0.394. The monoisotopic (exact) mass is 301 g/mol. The molecule has 0 radical (unpaired) electrons. The van der Waals surface area contributed by atoms with E-state index in [0.717, 1.165) is 23.6 Å². The fourth-order valence-electron chi connectivity index (χ4n) is 3.10. The van der Waals surface area contributed by atoms with E-state index in [9.17, 15) is 8.78 Å². The maximum atomic E-state index is 14.0. The van der Waals surface area contributed by atoms with E-state index < -0.39 is 11.6 Å². The smallest absolute Gasteiger partial charge is 0.163 e. The van der Waals surface area contributed by atoms with Gasteiger partial charge in [0.05, 0.1) is 6.20 Å². The molecule has 0 bridgehead atoms. The molecule has 22 heavy (non-hydrogen) atoms. The molecule has 1 aliphatic rings. The number of aromatic nitrogens is 4. The van der Waals surface area contributed by atoms with Crippen LogP contribution in [-0.2, 0) is 13.0 Å². The quantitative estimate of drug-likeness (QED) is 0.743. The van der Waals surface area contributed by atoms with E-state index in [4.69, 9.17) is 5.73 Å². The largest absolute Gasteiger partial charge is 0.326 e. The third-order valence-electron chi connectivity index (χ3n) is 4.16. The molecule has 2 aromatic heterocycles. The van der Waals surface area contributed by atoms with Gasteiger partial charge in [0, 0.05) is 24.9 Å². The molecule has 112 valence electrons. The van der Waals surface area contributed by atoms with Crippen molar-refractivity contribution in [3.63, 3.8) is 0 Å². The average molecular weight is 301 g/mol. The summed E-state index contributed by atoms with van der Waals surface area (Å²) in [6.45, 7) is 0.462. The van der Waals surface area contributed by atoms with Gasteiger partial charge < -0.3 is 10.3 Å². The zero-order valence-electron chi connectivity index (χ0n) is 11.6. The van der Waals surface area contributed by atoms with Crippen molar-refractivity contribution in [3.8, 4) is 0 Å². The Morgan fingerprint density at radius 3 is 3.00 bits per heavy atom. The van der Waals surface area contributed by atoms with Gasteiger partial charge in [0.1, 0.15) is 29.3 Å². The molecule has 2 N–H and O–H groups in total. The van der Waals surface area contributed by atoms with Crippen LogP contribution in [0, 0.1) is 11.6 Å². The highest BCUT2D eigenvalue weighted by Gasteiger charge is 2.31. The second-order valence-corrected chi connectivity index (χ2v) is 5.51. The number of hydrogen-bond donors (Lipinski definition) is 1. The van der Waals surface area contributed by atoms with Gasteiger partial charge in [0.25, 0.3) is 0 Å². The Labute approximate surface area is 124 Å². The molecule has 3 heterocycles. The molecule has 0 amide bonds. The predicted molar refractivity (Wildman–Crippen MR) is 76.1 cm³/mol. The first-order valence-corrected chi connectivity index (χ1v) is 6.99. The van der Waals surface area contributed by atoms with Crippen LogP contribution in [0.15, 0.2) is 30.7 Å². The standard InChI is InChI=1S/C15H13F2N5/c16-8-1-2-11(17)9(3-8)10-4-14-21-13-5-19-7-20-15(13)22(14)6-12(10)18/h1-3,5,7,10,12H,4,6,18H2/t10-,12+/m1/s1. The molecular formula is C15H13F2N5. The van der Waals surface area contributed by atoms with Crippen LogP contribution in [0.5, 0.6) is 0 Å². The van der Waals surface area contributed by atoms with Crippen LogP contribution in [0.1, 0.15) is 17.3 Å². The lowest BCUT2D eigenvalue weighted by Crippen LogP contribution is -2.39. The minimum Gasteiger partial charge on any atom is -0.326 e. The van der Waals surface area contributed by atoms with Crippen molar-refractivity contribution in [2.45, 2.75) is 24.9 Å². The van der Waals surface area contributed by atoms with Gasteiger partial charge >= 0.3 is 0 Å². The molecular weight excluding hydrogens is 288 g/mol. The van der Waals surface area contributed by atoms with Crippen LogP contribution in [0.2, 0.25) is 0 Å². The predicted octanol–water partition coefficient (Wildman–Crippen LogP) is 1.77. The molecule has 0 saturated carbocycles. The van der Waals surface area contributed by atoms with Crippen molar-refractivity contribution >= 4 is 11.2 Å².